The molecule has 0 saturated heterocycles. The second-order valence-electron chi connectivity index (χ2n) is 3.38. The van der Waals surface area contributed by atoms with Gasteiger partial charge in [-0.15, -0.1) is 0 Å². The van der Waals surface area contributed by atoms with E-state index in [-0.39, 0.29) is 0 Å². The maximum Gasteiger partial charge on any atom is 0.138 e. The maximum absolute atomic E-state index is 6.25. The Morgan fingerprint density at radius 3 is 3.14 bits per heavy atom. The Bertz CT molecular complexity index is 338. The first-order valence-corrected chi connectivity index (χ1v) is 5.34. The minimum atomic E-state index is 0.663. The Hall–Kier alpha value is -0.730. The Balaban J connectivity index is 2.38. The molecule has 3 heteroatoms. The van der Waals surface area contributed by atoms with Gasteiger partial charge < -0.3 is 10.1 Å². The van der Waals surface area contributed by atoms with E-state index in [1.165, 1.54) is 11.1 Å². The van der Waals surface area contributed by atoms with Crippen molar-refractivity contribution in [3.05, 3.63) is 28.3 Å². The van der Waals surface area contributed by atoms with E-state index < -0.39 is 0 Å². The van der Waals surface area contributed by atoms with Crippen LogP contribution < -0.4 is 10.1 Å². The van der Waals surface area contributed by atoms with Gasteiger partial charge >= 0.3 is 0 Å². The van der Waals surface area contributed by atoms with E-state index in [0.29, 0.717) is 6.61 Å². The topological polar surface area (TPSA) is 21.3 Å². The highest BCUT2D eigenvalue weighted by Crippen LogP contribution is 2.32. The third-order valence-corrected chi connectivity index (χ3v) is 2.89. The van der Waals surface area contributed by atoms with Crippen LogP contribution in [-0.2, 0) is 13.0 Å². The smallest absolute Gasteiger partial charge is 0.138 e. The molecule has 2 nitrogen and oxygen atoms in total. The van der Waals surface area contributed by atoms with Crippen LogP contribution in [0.3, 0.4) is 0 Å². The molecule has 76 valence electrons. The summed E-state index contributed by atoms with van der Waals surface area (Å²) in [4.78, 5) is 0. The lowest BCUT2D eigenvalue weighted by Gasteiger charge is -2.19. The fourth-order valence-corrected chi connectivity index (χ4v) is 2.11. The number of hydrogen-bond donors (Lipinski definition) is 1. The van der Waals surface area contributed by atoms with Crippen molar-refractivity contribution in [1.82, 2.24) is 5.32 Å². The number of ether oxygens (including phenoxy) is 1. The van der Waals surface area contributed by atoms with E-state index in [1.54, 1.807) is 0 Å². The largest absolute Gasteiger partial charge is 0.492 e. The second-order valence-corrected chi connectivity index (χ2v) is 3.75. The van der Waals surface area contributed by atoms with Crippen LogP contribution in [0.1, 0.15) is 18.1 Å². The van der Waals surface area contributed by atoms with Crippen LogP contribution in [0.5, 0.6) is 5.75 Å². The van der Waals surface area contributed by atoms with Crippen LogP contribution in [0, 0.1) is 0 Å². The van der Waals surface area contributed by atoms with E-state index in [2.05, 4.69) is 11.4 Å². The highest BCUT2D eigenvalue weighted by Gasteiger charge is 2.15. The van der Waals surface area contributed by atoms with Gasteiger partial charge in [-0.2, -0.15) is 0 Å². The summed E-state index contributed by atoms with van der Waals surface area (Å²) in [5.74, 6) is 0.815. The third-order valence-electron chi connectivity index (χ3n) is 2.47. The first-order valence-electron chi connectivity index (χ1n) is 4.96. The van der Waals surface area contributed by atoms with Gasteiger partial charge in [0.15, 0.2) is 0 Å². The standard InChI is InChI=1S/C11H14ClNO/c1-2-14-10-4-3-8-7-13-6-5-9(8)11(10)12/h3-4,13H,2,5-7H2,1H3. The minimum absolute atomic E-state index is 0.663. The van der Waals surface area contributed by atoms with Gasteiger partial charge in [0, 0.05) is 6.54 Å². The van der Waals surface area contributed by atoms with Gasteiger partial charge in [0.2, 0.25) is 0 Å². The van der Waals surface area contributed by atoms with Crippen molar-refractivity contribution in [2.45, 2.75) is 19.9 Å². The molecule has 1 N–H and O–H groups in total. The lowest BCUT2D eigenvalue weighted by atomic mass is 10.0. The number of hydrogen-bond acceptors (Lipinski definition) is 2. The van der Waals surface area contributed by atoms with Crippen LogP contribution in [0.25, 0.3) is 0 Å². The van der Waals surface area contributed by atoms with Gasteiger partial charge in [0.1, 0.15) is 5.75 Å². The molecule has 0 atom stereocenters. The van der Waals surface area contributed by atoms with Crippen molar-refractivity contribution in [2.24, 2.45) is 0 Å². The summed E-state index contributed by atoms with van der Waals surface area (Å²) in [7, 11) is 0. The summed E-state index contributed by atoms with van der Waals surface area (Å²) in [6.07, 6.45) is 0.995. The van der Waals surface area contributed by atoms with E-state index in [0.717, 1.165) is 30.3 Å². The molecule has 0 saturated carbocycles. The monoisotopic (exact) mass is 211 g/mol. The molecule has 0 aromatic heterocycles. The molecule has 0 unspecified atom stereocenters. The van der Waals surface area contributed by atoms with Gasteiger partial charge in [-0.25, -0.2) is 0 Å². The van der Waals surface area contributed by atoms with Gasteiger partial charge in [-0.05, 0) is 37.1 Å². The minimum Gasteiger partial charge on any atom is -0.492 e. The average molecular weight is 212 g/mol. The van der Waals surface area contributed by atoms with Crippen LogP contribution in [0.4, 0.5) is 0 Å². The molecule has 1 aliphatic heterocycles. The molecule has 0 fully saturated rings. The molecule has 0 radical (unpaired) electrons. The Morgan fingerprint density at radius 1 is 1.50 bits per heavy atom. The van der Waals surface area contributed by atoms with Crippen molar-refractivity contribution in [1.29, 1.82) is 0 Å². The zero-order valence-electron chi connectivity index (χ0n) is 8.27. The van der Waals surface area contributed by atoms with Crippen molar-refractivity contribution < 1.29 is 4.74 Å². The molecule has 1 aliphatic rings. The molecule has 14 heavy (non-hydrogen) atoms. The zero-order valence-corrected chi connectivity index (χ0v) is 9.03. The molecule has 0 amide bonds. The fraction of sp³-hybridized carbons (Fsp3) is 0.455. The molecule has 2 rings (SSSR count). The SMILES string of the molecule is CCOc1ccc2c(c1Cl)CCNC2. The van der Waals surface area contributed by atoms with Crippen molar-refractivity contribution in [3.8, 4) is 5.75 Å². The molecule has 1 heterocycles. The molecule has 0 aliphatic carbocycles. The predicted octanol–water partition coefficient (Wildman–Crippen LogP) is 2.38. The summed E-state index contributed by atoms with van der Waals surface area (Å²) in [5.41, 5.74) is 2.54. The van der Waals surface area contributed by atoms with Crippen molar-refractivity contribution in [2.75, 3.05) is 13.2 Å². The van der Waals surface area contributed by atoms with Gasteiger partial charge in [0.05, 0.1) is 11.6 Å². The lowest BCUT2D eigenvalue weighted by molar-refractivity contribution is 0.339. The predicted molar refractivity (Wildman–Crippen MR) is 58.0 cm³/mol. The highest BCUT2D eigenvalue weighted by atomic mass is 35.5. The van der Waals surface area contributed by atoms with Crippen LogP contribution in [-0.4, -0.2) is 13.2 Å². The van der Waals surface area contributed by atoms with Crippen LogP contribution in [0.15, 0.2) is 12.1 Å². The molecular weight excluding hydrogens is 198 g/mol. The molecule has 1 aromatic rings. The number of halogens is 1. The number of nitrogens with one attached hydrogen (secondary N) is 1. The summed E-state index contributed by atoms with van der Waals surface area (Å²) in [6, 6.07) is 4.05. The van der Waals surface area contributed by atoms with E-state index in [4.69, 9.17) is 16.3 Å². The Labute approximate surface area is 89.2 Å². The number of rotatable bonds is 2. The third kappa shape index (κ3) is 1.72. The van der Waals surface area contributed by atoms with E-state index in [9.17, 15) is 0 Å². The van der Waals surface area contributed by atoms with Gasteiger partial charge in [-0.1, -0.05) is 17.7 Å². The van der Waals surface area contributed by atoms with Gasteiger partial charge in [0.25, 0.3) is 0 Å². The van der Waals surface area contributed by atoms with E-state index in [1.807, 2.05) is 13.0 Å². The van der Waals surface area contributed by atoms with Crippen LogP contribution >= 0.6 is 11.6 Å². The average Bonchev–Trinajstić information content (AvgIpc) is 2.23. The Kier molecular flexibility index (Phi) is 2.94. The first kappa shape index (κ1) is 9.81. The zero-order chi connectivity index (χ0) is 9.97. The van der Waals surface area contributed by atoms with Gasteiger partial charge in [-0.3, -0.25) is 0 Å². The Morgan fingerprint density at radius 2 is 2.36 bits per heavy atom. The van der Waals surface area contributed by atoms with Crippen molar-refractivity contribution >= 4 is 11.6 Å². The summed E-state index contributed by atoms with van der Waals surface area (Å²) < 4.78 is 5.45. The highest BCUT2D eigenvalue weighted by molar-refractivity contribution is 6.33. The van der Waals surface area contributed by atoms with Crippen molar-refractivity contribution in [3.63, 3.8) is 0 Å². The number of benzene rings is 1. The molecule has 0 bridgehead atoms. The second kappa shape index (κ2) is 4.20. The first-order chi connectivity index (χ1) is 6.83. The normalized spacial score (nSPS) is 15.0. The molecule has 1 aromatic carbocycles. The van der Waals surface area contributed by atoms with E-state index >= 15 is 0 Å². The van der Waals surface area contributed by atoms with Crippen LogP contribution in [0.2, 0.25) is 5.02 Å². The summed E-state index contributed by atoms with van der Waals surface area (Å²) in [6.45, 7) is 4.55. The fourth-order valence-electron chi connectivity index (χ4n) is 1.78. The number of fused-ring (bicyclic) bond motifs is 1. The summed E-state index contributed by atoms with van der Waals surface area (Å²) >= 11 is 6.25. The summed E-state index contributed by atoms with van der Waals surface area (Å²) in [5, 5.41) is 4.12. The molecule has 0 spiro atoms. The lowest BCUT2D eigenvalue weighted by Crippen LogP contribution is -2.23. The quantitative estimate of drug-likeness (QED) is 0.811. The molecular formula is C11H14ClNO. The maximum atomic E-state index is 6.25.